The molecule has 0 aliphatic carbocycles. The molecule has 0 radical (unpaired) electrons. The Bertz CT molecular complexity index is 1060. The number of fused-ring (bicyclic) bond motifs is 1. The highest BCUT2D eigenvalue weighted by molar-refractivity contribution is 5.93. The maximum absolute atomic E-state index is 12.0. The highest BCUT2D eigenvalue weighted by atomic mass is 16.5. The fourth-order valence-corrected chi connectivity index (χ4v) is 4.41. The number of ether oxygens (including phenoxy) is 1. The van der Waals surface area contributed by atoms with E-state index < -0.39 is 0 Å². The first-order chi connectivity index (χ1) is 14.3. The second kappa shape index (κ2) is 7.97. The van der Waals surface area contributed by atoms with Gasteiger partial charge in [0.25, 0.3) is 0 Å². The van der Waals surface area contributed by atoms with Gasteiger partial charge < -0.3 is 19.5 Å². The summed E-state index contributed by atoms with van der Waals surface area (Å²) in [6, 6.07) is 8.38. The Morgan fingerprint density at radius 2 is 2.00 bits per heavy atom. The Balaban J connectivity index is 0.00000272. The number of nitrogens with zero attached hydrogens (tertiary/aromatic N) is 4. The lowest BCUT2D eigenvalue weighted by Gasteiger charge is -2.44. The fraction of sp³-hybridized carbons (Fsp3) is 0.435. The van der Waals surface area contributed by atoms with Gasteiger partial charge in [0.1, 0.15) is 17.2 Å². The Morgan fingerprint density at radius 3 is 2.67 bits per heavy atom. The number of H-pyrrole nitrogens is 1. The lowest BCUT2D eigenvalue weighted by atomic mass is 10.1. The van der Waals surface area contributed by atoms with Gasteiger partial charge in [-0.25, -0.2) is 9.97 Å². The molecule has 4 heterocycles. The second-order valence-corrected chi connectivity index (χ2v) is 8.35. The number of rotatable bonds is 4. The number of hydrogen-bond acceptors (Lipinski definition) is 5. The molecule has 1 aliphatic rings. The van der Waals surface area contributed by atoms with Gasteiger partial charge in [-0.3, -0.25) is 4.79 Å². The maximum atomic E-state index is 12.0. The van der Waals surface area contributed by atoms with Crippen LogP contribution in [0.2, 0.25) is 0 Å². The Hall–Kier alpha value is -3.09. The van der Waals surface area contributed by atoms with E-state index in [9.17, 15) is 4.79 Å². The first kappa shape index (κ1) is 20.2. The average Bonchev–Trinajstić information content (AvgIpc) is 3.10. The Labute approximate surface area is 178 Å². The zero-order chi connectivity index (χ0) is 21.4. The van der Waals surface area contributed by atoms with E-state index in [1.807, 2.05) is 49.2 Å². The van der Waals surface area contributed by atoms with Crippen LogP contribution in [0.3, 0.4) is 0 Å². The van der Waals surface area contributed by atoms with E-state index in [0.29, 0.717) is 0 Å². The summed E-state index contributed by atoms with van der Waals surface area (Å²) in [6.45, 7) is 11.4. The molecule has 0 aromatic carbocycles. The molecule has 0 saturated carbocycles. The van der Waals surface area contributed by atoms with Crippen molar-refractivity contribution in [3.05, 3.63) is 36.7 Å². The molecule has 4 rings (SSSR count). The number of carbonyl (C=O) groups is 1. The van der Waals surface area contributed by atoms with E-state index in [-0.39, 0.29) is 25.5 Å². The van der Waals surface area contributed by atoms with Gasteiger partial charge in [0.2, 0.25) is 5.91 Å². The lowest BCUT2D eigenvalue weighted by molar-refractivity contribution is -0.133. The molecule has 30 heavy (non-hydrogen) atoms. The molecule has 160 valence electrons. The Kier molecular flexibility index (Phi) is 5.37. The standard InChI is InChI=1S/C23H29N5O2.H2/c1-14(2)30-18-9-19-20(11-25-23(19)24-10-18)21-7-6-8-22(26-21)27-12-15(3)28(17(5)29)16(4)13-27;/h6-11,14-16H,12-13H2,1-5H3,(H,24,25);1H/t15-,16+;. The monoisotopic (exact) mass is 409 g/mol. The van der Waals surface area contributed by atoms with Crippen molar-refractivity contribution in [1.82, 2.24) is 19.9 Å². The van der Waals surface area contributed by atoms with Crippen molar-refractivity contribution in [2.24, 2.45) is 0 Å². The predicted octanol–water partition coefficient (Wildman–Crippen LogP) is 4.10. The van der Waals surface area contributed by atoms with E-state index >= 15 is 0 Å². The number of pyridine rings is 2. The zero-order valence-corrected chi connectivity index (χ0v) is 18.2. The largest absolute Gasteiger partial charge is 0.489 e. The van der Waals surface area contributed by atoms with Crippen molar-refractivity contribution in [3.63, 3.8) is 0 Å². The van der Waals surface area contributed by atoms with Crippen molar-refractivity contribution >= 4 is 22.8 Å². The molecule has 0 unspecified atom stereocenters. The van der Waals surface area contributed by atoms with Crippen LogP contribution < -0.4 is 9.64 Å². The molecule has 3 aromatic rings. The molecule has 1 N–H and O–H groups in total. The van der Waals surface area contributed by atoms with Crippen molar-refractivity contribution < 1.29 is 11.0 Å². The molecule has 3 aromatic heterocycles. The van der Waals surface area contributed by atoms with Crippen LogP contribution in [0.15, 0.2) is 36.7 Å². The summed E-state index contributed by atoms with van der Waals surface area (Å²) in [5.74, 6) is 1.80. The van der Waals surface area contributed by atoms with E-state index in [2.05, 4.69) is 28.7 Å². The third kappa shape index (κ3) is 3.84. The van der Waals surface area contributed by atoms with E-state index in [4.69, 9.17) is 9.72 Å². The molecule has 7 nitrogen and oxygen atoms in total. The van der Waals surface area contributed by atoms with Gasteiger partial charge in [-0.1, -0.05) is 6.07 Å². The van der Waals surface area contributed by atoms with Crippen LogP contribution in [0.4, 0.5) is 5.82 Å². The van der Waals surface area contributed by atoms with Gasteiger partial charge in [0.15, 0.2) is 0 Å². The van der Waals surface area contributed by atoms with Crippen LogP contribution in [-0.2, 0) is 4.79 Å². The van der Waals surface area contributed by atoms with Gasteiger partial charge in [0, 0.05) is 50.7 Å². The van der Waals surface area contributed by atoms with E-state index in [0.717, 1.165) is 46.9 Å². The molecule has 0 bridgehead atoms. The number of nitrogens with one attached hydrogen (secondary N) is 1. The highest BCUT2D eigenvalue weighted by Crippen LogP contribution is 2.31. The number of piperazine rings is 1. The number of hydrogen-bond donors (Lipinski definition) is 1. The second-order valence-electron chi connectivity index (χ2n) is 8.35. The molecule has 1 saturated heterocycles. The SMILES string of the molecule is CC(=O)N1[C@H](C)CN(c2cccc(-c3c[nH]c4ncc(OC(C)C)cc34)n2)C[C@@H]1C.[HH]. The minimum atomic E-state index is 0. The summed E-state index contributed by atoms with van der Waals surface area (Å²) in [5.41, 5.74) is 2.69. The van der Waals surface area contributed by atoms with E-state index in [1.54, 1.807) is 13.1 Å². The number of anilines is 1. The van der Waals surface area contributed by atoms with Gasteiger partial charge in [-0.2, -0.15) is 0 Å². The summed E-state index contributed by atoms with van der Waals surface area (Å²) >= 11 is 0. The van der Waals surface area contributed by atoms with Gasteiger partial charge in [-0.15, -0.1) is 0 Å². The molecule has 1 amide bonds. The average molecular weight is 410 g/mol. The summed E-state index contributed by atoms with van der Waals surface area (Å²) in [6.07, 6.45) is 3.77. The van der Waals surface area contributed by atoms with Crippen molar-refractivity contribution in [2.75, 3.05) is 18.0 Å². The smallest absolute Gasteiger partial charge is 0.220 e. The van der Waals surface area contributed by atoms with Crippen LogP contribution in [-0.4, -0.2) is 57.0 Å². The molecule has 7 heteroatoms. The molecular weight excluding hydrogens is 378 g/mol. The number of carbonyl (C=O) groups excluding carboxylic acids is 1. The first-order valence-corrected chi connectivity index (χ1v) is 10.5. The molecule has 1 fully saturated rings. The summed E-state index contributed by atoms with van der Waals surface area (Å²) in [5, 5.41) is 0.987. The van der Waals surface area contributed by atoms with Crippen molar-refractivity contribution in [1.29, 1.82) is 0 Å². The van der Waals surface area contributed by atoms with Crippen molar-refractivity contribution in [2.45, 2.75) is 52.8 Å². The van der Waals surface area contributed by atoms with Gasteiger partial charge in [-0.05, 0) is 45.9 Å². The predicted molar refractivity (Wildman–Crippen MR) is 121 cm³/mol. The summed E-state index contributed by atoms with van der Waals surface area (Å²) in [4.78, 5) is 28.9. The first-order valence-electron chi connectivity index (χ1n) is 10.5. The minimum absolute atomic E-state index is 0. The minimum Gasteiger partial charge on any atom is -0.489 e. The third-order valence-corrected chi connectivity index (χ3v) is 5.49. The lowest BCUT2D eigenvalue weighted by Crippen LogP contribution is -2.58. The Morgan fingerprint density at radius 1 is 1.27 bits per heavy atom. The van der Waals surface area contributed by atoms with Gasteiger partial charge >= 0.3 is 0 Å². The summed E-state index contributed by atoms with van der Waals surface area (Å²) in [7, 11) is 0. The highest BCUT2D eigenvalue weighted by Gasteiger charge is 2.31. The summed E-state index contributed by atoms with van der Waals surface area (Å²) < 4.78 is 5.82. The third-order valence-electron chi connectivity index (χ3n) is 5.49. The van der Waals surface area contributed by atoms with Crippen LogP contribution >= 0.6 is 0 Å². The quantitative estimate of drug-likeness (QED) is 0.702. The topological polar surface area (TPSA) is 74.4 Å². The van der Waals surface area contributed by atoms with Crippen molar-refractivity contribution in [3.8, 4) is 17.0 Å². The molecule has 2 atom stereocenters. The van der Waals surface area contributed by atoms with Crippen LogP contribution in [0, 0.1) is 0 Å². The molecular formula is C23H31N5O2. The number of aromatic amines is 1. The van der Waals surface area contributed by atoms with Crippen LogP contribution in [0.1, 0.15) is 36.0 Å². The normalized spacial score (nSPS) is 19.5. The van der Waals surface area contributed by atoms with Gasteiger partial charge in [0.05, 0.1) is 18.0 Å². The molecule has 0 spiro atoms. The van der Waals surface area contributed by atoms with Crippen LogP contribution in [0.25, 0.3) is 22.3 Å². The fourth-order valence-electron chi connectivity index (χ4n) is 4.41. The maximum Gasteiger partial charge on any atom is 0.220 e. The number of aromatic nitrogens is 3. The number of amides is 1. The molecule has 1 aliphatic heterocycles. The zero-order valence-electron chi connectivity index (χ0n) is 18.2. The van der Waals surface area contributed by atoms with E-state index in [1.165, 1.54) is 0 Å². The van der Waals surface area contributed by atoms with Crippen LogP contribution in [0.5, 0.6) is 5.75 Å².